The van der Waals surface area contributed by atoms with Crippen LogP contribution in [0.4, 0.5) is 0 Å². The molecule has 1 aromatic rings. The van der Waals surface area contributed by atoms with Gasteiger partial charge in [0.15, 0.2) is 0 Å². The van der Waals surface area contributed by atoms with Gasteiger partial charge >= 0.3 is 11.8 Å². The highest BCUT2D eigenvalue weighted by Gasteiger charge is 2.31. The van der Waals surface area contributed by atoms with Crippen LogP contribution in [0, 0.1) is 0 Å². The van der Waals surface area contributed by atoms with E-state index < -0.39 is 11.8 Å². The first kappa shape index (κ1) is 14.5. The van der Waals surface area contributed by atoms with Gasteiger partial charge in [0.05, 0.1) is 6.61 Å². The number of carbonyl (C=O) groups excluding carboxylic acids is 2. The van der Waals surface area contributed by atoms with Crippen molar-refractivity contribution >= 4 is 11.8 Å². The van der Waals surface area contributed by atoms with Crippen LogP contribution in [0.25, 0.3) is 0 Å². The number of benzene rings is 1. The molecule has 1 aliphatic heterocycles. The lowest BCUT2D eigenvalue weighted by Crippen LogP contribution is -2.53. The van der Waals surface area contributed by atoms with Gasteiger partial charge in [-0.3, -0.25) is 9.59 Å². The van der Waals surface area contributed by atoms with Crippen LogP contribution in [0.15, 0.2) is 24.3 Å². The predicted molar refractivity (Wildman–Crippen MR) is 74.7 cm³/mol. The van der Waals surface area contributed by atoms with Gasteiger partial charge in [-0.15, -0.1) is 0 Å². The number of hydrogen-bond acceptors (Lipinski definition) is 3. The second-order valence-corrected chi connectivity index (χ2v) is 4.99. The Hall–Kier alpha value is -1.88. The third kappa shape index (κ3) is 3.17. The van der Waals surface area contributed by atoms with Crippen LogP contribution in [0.2, 0.25) is 0 Å². The summed E-state index contributed by atoms with van der Waals surface area (Å²) >= 11 is 0. The third-order valence-corrected chi connectivity index (χ3v) is 3.47. The van der Waals surface area contributed by atoms with Gasteiger partial charge in [-0.1, -0.05) is 31.2 Å². The number of piperazine rings is 1. The van der Waals surface area contributed by atoms with Gasteiger partial charge in [0.1, 0.15) is 0 Å². The van der Waals surface area contributed by atoms with Gasteiger partial charge in [-0.2, -0.15) is 0 Å². The Bertz CT molecular complexity index is 484. The Labute approximate surface area is 118 Å². The summed E-state index contributed by atoms with van der Waals surface area (Å²) < 4.78 is 0. The number of aliphatic hydroxyl groups excluding tert-OH is 1. The van der Waals surface area contributed by atoms with E-state index >= 15 is 0 Å². The Morgan fingerprint density at radius 1 is 1.00 bits per heavy atom. The maximum Gasteiger partial charge on any atom is 0.312 e. The van der Waals surface area contributed by atoms with Crippen molar-refractivity contribution in [2.24, 2.45) is 0 Å². The Morgan fingerprint density at radius 2 is 1.55 bits per heavy atom. The minimum absolute atomic E-state index is 0.00733. The molecule has 0 bridgehead atoms. The summed E-state index contributed by atoms with van der Waals surface area (Å²) in [5.41, 5.74) is 1.80. The summed E-state index contributed by atoms with van der Waals surface area (Å²) in [7, 11) is 0. The number of aliphatic hydroxyl groups is 1. The number of rotatable bonds is 5. The molecule has 0 radical (unpaired) electrons. The summed E-state index contributed by atoms with van der Waals surface area (Å²) in [6, 6.07) is 7.41. The van der Waals surface area contributed by atoms with Crippen molar-refractivity contribution in [3.63, 3.8) is 0 Å². The summed E-state index contributed by atoms with van der Waals surface area (Å²) in [6.07, 6.45) is 0.863. The lowest BCUT2D eigenvalue weighted by Gasteiger charge is -2.33. The van der Waals surface area contributed by atoms with Gasteiger partial charge in [0.2, 0.25) is 0 Å². The molecule has 0 atom stereocenters. The van der Waals surface area contributed by atoms with Gasteiger partial charge in [-0.05, 0) is 17.5 Å². The van der Waals surface area contributed by atoms with E-state index in [0.717, 1.165) is 17.5 Å². The van der Waals surface area contributed by atoms with E-state index in [1.54, 1.807) is 9.80 Å². The van der Waals surface area contributed by atoms with E-state index in [4.69, 9.17) is 5.11 Å². The summed E-state index contributed by atoms with van der Waals surface area (Å²) in [5.74, 6) is -0.819. The normalized spacial score (nSPS) is 15.9. The number of nitrogens with zero attached hydrogens (tertiary/aromatic N) is 2. The lowest BCUT2D eigenvalue weighted by atomic mass is 10.1. The molecule has 5 nitrogen and oxygen atoms in total. The molecule has 0 spiro atoms. The van der Waals surface area contributed by atoms with Crippen molar-refractivity contribution in [2.45, 2.75) is 26.5 Å². The molecule has 1 heterocycles. The highest BCUT2D eigenvalue weighted by Crippen LogP contribution is 2.12. The molecule has 0 saturated carbocycles. The molecule has 1 N–H and O–H groups in total. The monoisotopic (exact) mass is 276 g/mol. The zero-order valence-corrected chi connectivity index (χ0v) is 11.7. The molecule has 5 heteroatoms. The number of amides is 2. The maximum absolute atomic E-state index is 12.0. The lowest BCUT2D eigenvalue weighted by molar-refractivity contribution is -0.156. The fraction of sp³-hybridized carbons (Fsp3) is 0.467. The van der Waals surface area contributed by atoms with Crippen LogP contribution in [-0.2, 0) is 22.7 Å². The van der Waals surface area contributed by atoms with E-state index in [1.807, 2.05) is 31.2 Å². The van der Waals surface area contributed by atoms with Crippen molar-refractivity contribution in [1.29, 1.82) is 0 Å². The van der Waals surface area contributed by atoms with Crippen LogP contribution in [-0.4, -0.2) is 46.4 Å². The van der Waals surface area contributed by atoms with E-state index in [-0.39, 0.29) is 6.61 Å². The minimum Gasteiger partial charge on any atom is -0.392 e. The van der Waals surface area contributed by atoms with Gasteiger partial charge in [0, 0.05) is 26.2 Å². The molecular weight excluding hydrogens is 256 g/mol. The SMILES string of the molecule is CCCN1CCN(Cc2ccc(CO)cc2)C(=O)C1=O. The van der Waals surface area contributed by atoms with Crippen molar-refractivity contribution in [3.05, 3.63) is 35.4 Å². The molecule has 2 amide bonds. The molecule has 0 unspecified atom stereocenters. The van der Waals surface area contributed by atoms with Crippen LogP contribution >= 0.6 is 0 Å². The van der Waals surface area contributed by atoms with E-state index in [1.165, 1.54) is 0 Å². The Kier molecular flexibility index (Phi) is 4.74. The quantitative estimate of drug-likeness (QED) is 0.808. The first-order chi connectivity index (χ1) is 9.65. The highest BCUT2D eigenvalue weighted by atomic mass is 16.3. The van der Waals surface area contributed by atoms with Crippen LogP contribution in [0.1, 0.15) is 24.5 Å². The summed E-state index contributed by atoms with van der Waals surface area (Å²) in [5, 5.41) is 8.99. The van der Waals surface area contributed by atoms with Crippen molar-refractivity contribution in [2.75, 3.05) is 19.6 Å². The van der Waals surface area contributed by atoms with Crippen LogP contribution in [0.5, 0.6) is 0 Å². The largest absolute Gasteiger partial charge is 0.392 e. The van der Waals surface area contributed by atoms with E-state index in [0.29, 0.717) is 26.2 Å². The summed E-state index contributed by atoms with van der Waals surface area (Å²) in [6.45, 7) is 4.26. The van der Waals surface area contributed by atoms with Gasteiger partial charge in [0.25, 0.3) is 0 Å². The topological polar surface area (TPSA) is 60.9 Å². The average Bonchev–Trinajstić information content (AvgIpc) is 2.48. The molecule has 20 heavy (non-hydrogen) atoms. The molecule has 0 aromatic heterocycles. The van der Waals surface area contributed by atoms with Crippen molar-refractivity contribution < 1.29 is 14.7 Å². The fourth-order valence-electron chi connectivity index (χ4n) is 2.32. The Morgan fingerprint density at radius 3 is 2.15 bits per heavy atom. The molecule has 1 saturated heterocycles. The second-order valence-electron chi connectivity index (χ2n) is 4.99. The molecule has 2 rings (SSSR count). The minimum atomic E-state index is -0.420. The summed E-state index contributed by atoms with van der Waals surface area (Å²) in [4.78, 5) is 27.2. The highest BCUT2D eigenvalue weighted by molar-refractivity contribution is 6.35. The van der Waals surface area contributed by atoms with E-state index in [9.17, 15) is 9.59 Å². The standard InChI is InChI=1S/C15H20N2O3/c1-2-7-16-8-9-17(15(20)14(16)19)10-12-3-5-13(11-18)6-4-12/h3-6,18H,2,7-11H2,1H3. The fourth-order valence-corrected chi connectivity index (χ4v) is 2.32. The number of hydrogen-bond donors (Lipinski definition) is 1. The van der Waals surface area contributed by atoms with Gasteiger partial charge in [-0.25, -0.2) is 0 Å². The van der Waals surface area contributed by atoms with Crippen LogP contribution < -0.4 is 0 Å². The van der Waals surface area contributed by atoms with Gasteiger partial charge < -0.3 is 14.9 Å². The average molecular weight is 276 g/mol. The molecular formula is C15H20N2O3. The maximum atomic E-state index is 12.0. The zero-order valence-electron chi connectivity index (χ0n) is 11.7. The molecule has 108 valence electrons. The second kappa shape index (κ2) is 6.52. The molecule has 1 aromatic carbocycles. The first-order valence-corrected chi connectivity index (χ1v) is 6.92. The zero-order chi connectivity index (χ0) is 14.5. The van der Waals surface area contributed by atoms with Crippen molar-refractivity contribution in [1.82, 2.24) is 9.80 Å². The number of carbonyl (C=O) groups is 2. The van der Waals surface area contributed by atoms with Crippen molar-refractivity contribution in [3.8, 4) is 0 Å². The predicted octanol–water partition coefficient (Wildman–Crippen LogP) is 0.760. The van der Waals surface area contributed by atoms with Crippen LogP contribution in [0.3, 0.4) is 0 Å². The molecule has 1 aliphatic rings. The Balaban J connectivity index is 1.99. The molecule has 1 fully saturated rings. The third-order valence-electron chi connectivity index (χ3n) is 3.47. The smallest absolute Gasteiger partial charge is 0.312 e. The van der Waals surface area contributed by atoms with E-state index in [2.05, 4.69) is 0 Å². The molecule has 0 aliphatic carbocycles. The first-order valence-electron chi connectivity index (χ1n) is 6.92.